The van der Waals surface area contributed by atoms with Crippen molar-refractivity contribution in [3.05, 3.63) is 29.8 Å². The highest BCUT2D eigenvalue weighted by atomic mass is 16.5. The van der Waals surface area contributed by atoms with Gasteiger partial charge in [-0.1, -0.05) is 19.1 Å². The zero-order chi connectivity index (χ0) is 20.5. The van der Waals surface area contributed by atoms with E-state index in [0.717, 1.165) is 37.9 Å². The van der Waals surface area contributed by atoms with Crippen molar-refractivity contribution in [2.45, 2.75) is 38.6 Å². The minimum atomic E-state index is 0.351. The Bertz CT molecular complexity index is 621. The van der Waals surface area contributed by atoms with Crippen molar-refractivity contribution in [3.63, 3.8) is 0 Å². The number of aliphatic imine (C=N–C) groups is 1. The molecule has 1 aromatic carbocycles. The van der Waals surface area contributed by atoms with Crippen LogP contribution in [0.1, 0.15) is 44.2 Å². The molecule has 3 rings (SSSR count). The van der Waals surface area contributed by atoms with Crippen LogP contribution >= 0.6 is 0 Å². The molecule has 2 saturated heterocycles. The topological polar surface area (TPSA) is 52.1 Å². The second kappa shape index (κ2) is 11.4. The van der Waals surface area contributed by atoms with Gasteiger partial charge in [0.1, 0.15) is 5.75 Å². The van der Waals surface area contributed by atoms with Crippen LogP contribution in [0.5, 0.6) is 5.75 Å². The Labute approximate surface area is 176 Å². The first-order chi connectivity index (χ1) is 14.2. The lowest BCUT2D eigenvalue weighted by atomic mass is 10.1. The Morgan fingerprint density at radius 3 is 2.24 bits per heavy atom. The van der Waals surface area contributed by atoms with Crippen molar-refractivity contribution >= 4 is 5.96 Å². The number of rotatable bonds is 9. The standard InChI is InChI=1S/C23H39N5O/c1-19(18-27-12-4-5-13-27)16-25-23(24-2)26-17-22(28-14-6-7-15-28)20-8-10-21(29-3)11-9-20/h8-11,19,22H,4-7,12-18H2,1-3H3,(H2,24,25,26). The van der Waals surface area contributed by atoms with Crippen LogP contribution in [-0.4, -0.2) is 75.7 Å². The van der Waals surface area contributed by atoms with E-state index in [1.54, 1.807) is 7.11 Å². The summed E-state index contributed by atoms with van der Waals surface area (Å²) in [6.45, 7) is 10.1. The molecule has 29 heavy (non-hydrogen) atoms. The molecular weight excluding hydrogens is 362 g/mol. The minimum absolute atomic E-state index is 0.351. The molecule has 2 N–H and O–H groups in total. The second-order valence-corrected chi connectivity index (χ2v) is 8.48. The summed E-state index contributed by atoms with van der Waals surface area (Å²) in [5, 5.41) is 7.11. The highest BCUT2D eigenvalue weighted by molar-refractivity contribution is 5.79. The molecule has 0 amide bonds. The summed E-state index contributed by atoms with van der Waals surface area (Å²) in [4.78, 5) is 9.61. The monoisotopic (exact) mass is 401 g/mol. The van der Waals surface area contributed by atoms with E-state index in [2.05, 4.69) is 56.6 Å². The number of likely N-dealkylation sites (tertiary alicyclic amines) is 2. The van der Waals surface area contributed by atoms with E-state index in [4.69, 9.17) is 4.74 Å². The Hall–Kier alpha value is -1.79. The maximum atomic E-state index is 5.33. The number of hydrogen-bond donors (Lipinski definition) is 2. The van der Waals surface area contributed by atoms with Gasteiger partial charge in [0.25, 0.3) is 0 Å². The molecule has 1 aromatic rings. The van der Waals surface area contributed by atoms with Gasteiger partial charge in [-0.3, -0.25) is 9.89 Å². The van der Waals surface area contributed by atoms with Crippen molar-refractivity contribution in [3.8, 4) is 5.75 Å². The molecule has 2 aliphatic rings. The SMILES string of the molecule is CN=C(NCC(C)CN1CCCC1)NCC(c1ccc(OC)cc1)N1CCCC1. The van der Waals surface area contributed by atoms with Gasteiger partial charge in [0.2, 0.25) is 0 Å². The fourth-order valence-corrected chi connectivity index (χ4v) is 4.49. The maximum Gasteiger partial charge on any atom is 0.191 e. The van der Waals surface area contributed by atoms with Crippen LogP contribution in [0, 0.1) is 5.92 Å². The zero-order valence-electron chi connectivity index (χ0n) is 18.5. The lowest BCUT2D eigenvalue weighted by Crippen LogP contribution is -2.44. The molecule has 2 atom stereocenters. The smallest absolute Gasteiger partial charge is 0.191 e. The number of methoxy groups -OCH3 is 1. The van der Waals surface area contributed by atoms with Crippen LogP contribution in [0.4, 0.5) is 0 Å². The lowest BCUT2D eigenvalue weighted by molar-refractivity contribution is 0.245. The fraction of sp³-hybridized carbons (Fsp3) is 0.696. The molecule has 6 heteroatoms. The van der Waals surface area contributed by atoms with Gasteiger partial charge >= 0.3 is 0 Å². The van der Waals surface area contributed by atoms with Crippen LogP contribution < -0.4 is 15.4 Å². The summed E-state index contributed by atoms with van der Waals surface area (Å²) in [5.74, 6) is 2.42. The van der Waals surface area contributed by atoms with Gasteiger partial charge in [0.15, 0.2) is 5.96 Å². The van der Waals surface area contributed by atoms with E-state index >= 15 is 0 Å². The summed E-state index contributed by atoms with van der Waals surface area (Å²) in [6.07, 6.45) is 5.28. The van der Waals surface area contributed by atoms with Crippen LogP contribution in [0.15, 0.2) is 29.3 Å². The zero-order valence-corrected chi connectivity index (χ0v) is 18.5. The molecule has 2 heterocycles. The van der Waals surface area contributed by atoms with E-state index in [1.165, 1.54) is 50.9 Å². The Kier molecular flexibility index (Phi) is 8.62. The molecule has 0 aliphatic carbocycles. The van der Waals surface area contributed by atoms with Gasteiger partial charge in [-0.05, 0) is 75.5 Å². The van der Waals surface area contributed by atoms with Gasteiger partial charge in [0, 0.05) is 26.7 Å². The third kappa shape index (κ3) is 6.61. The van der Waals surface area contributed by atoms with Gasteiger partial charge in [-0.2, -0.15) is 0 Å². The van der Waals surface area contributed by atoms with E-state index in [1.807, 2.05) is 7.05 Å². The summed E-state index contributed by atoms with van der Waals surface area (Å²) in [6, 6.07) is 8.86. The Balaban J connectivity index is 1.52. The quantitative estimate of drug-likeness (QED) is 0.492. The van der Waals surface area contributed by atoms with Crippen molar-refractivity contribution in [2.75, 3.05) is 60.0 Å². The van der Waals surface area contributed by atoms with Crippen LogP contribution in [0.25, 0.3) is 0 Å². The predicted molar refractivity (Wildman–Crippen MR) is 121 cm³/mol. The third-order valence-electron chi connectivity index (χ3n) is 6.15. The van der Waals surface area contributed by atoms with Gasteiger partial charge in [-0.25, -0.2) is 0 Å². The number of ether oxygens (including phenoxy) is 1. The van der Waals surface area contributed by atoms with Crippen LogP contribution in [-0.2, 0) is 0 Å². The fourth-order valence-electron chi connectivity index (χ4n) is 4.49. The van der Waals surface area contributed by atoms with Crippen molar-refractivity contribution in [1.29, 1.82) is 0 Å². The van der Waals surface area contributed by atoms with E-state index in [-0.39, 0.29) is 0 Å². The van der Waals surface area contributed by atoms with Crippen molar-refractivity contribution < 1.29 is 4.74 Å². The van der Waals surface area contributed by atoms with E-state index in [0.29, 0.717) is 12.0 Å². The molecule has 162 valence electrons. The lowest BCUT2D eigenvalue weighted by Gasteiger charge is -2.29. The average Bonchev–Trinajstić information content (AvgIpc) is 3.45. The van der Waals surface area contributed by atoms with Gasteiger partial charge in [0.05, 0.1) is 13.2 Å². The highest BCUT2D eigenvalue weighted by Gasteiger charge is 2.24. The van der Waals surface area contributed by atoms with E-state index < -0.39 is 0 Å². The first-order valence-electron chi connectivity index (χ1n) is 11.2. The molecular formula is C23H39N5O. The largest absolute Gasteiger partial charge is 0.497 e. The Morgan fingerprint density at radius 1 is 1.00 bits per heavy atom. The summed E-state index contributed by atoms with van der Waals surface area (Å²) in [5.41, 5.74) is 1.33. The second-order valence-electron chi connectivity index (χ2n) is 8.48. The summed E-state index contributed by atoms with van der Waals surface area (Å²) in [7, 11) is 3.58. The van der Waals surface area contributed by atoms with E-state index in [9.17, 15) is 0 Å². The van der Waals surface area contributed by atoms with Crippen LogP contribution in [0.2, 0.25) is 0 Å². The summed E-state index contributed by atoms with van der Waals surface area (Å²) >= 11 is 0. The molecule has 0 bridgehead atoms. The number of nitrogens with zero attached hydrogens (tertiary/aromatic N) is 3. The van der Waals surface area contributed by atoms with Crippen molar-refractivity contribution in [1.82, 2.24) is 20.4 Å². The molecule has 2 fully saturated rings. The first kappa shape index (κ1) is 21.9. The first-order valence-corrected chi connectivity index (χ1v) is 11.2. The number of nitrogens with one attached hydrogen (secondary N) is 2. The molecule has 2 aliphatic heterocycles. The summed E-state index contributed by atoms with van der Waals surface area (Å²) < 4.78 is 5.33. The molecule has 2 unspecified atom stereocenters. The molecule has 6 nitrogen and oxygen atoms in total. The van der Waals surface area contributed by atoms with Gasteiger partial charge in [-0.15, -0.1) is 0 Å². The predicted octanol–water partition coefficient (Wildman–Crippen LogP) is 2.73. The molecule has 0 radical (unpaired) electrons. The maximum absolute atomic E-state index is 5.33. The molecule has 0 saturated carbocycles. The van der Waals surface area contributed by atoms with Crippen molar-refractivity contribution in [2.24, 2.45) is 10.9 Å². The average molecular weight is 402 g/mol. The number of benzene rings is 1. The number of hydrogen-bond acceptors (Lipinski definition) is 4. The highest BCUT2D eigenvalue weighted by Crippen LogP contribution is 2.26. The Morgan fingerprint density at radius 2 is 1.62 bits per heavy atom. The molecule has 0 aromatic heterocycles. The minimum Gasteiger partial charge on any atom is -0.497 e. The normalized spacial score (nSPS) is 20.6. The molecule has 0 spiro atoms. The third-order valence-corrected chi connectivity index (χ3v) is 6.15. The van der Waals surface area contributed by atoms with Gasteiger partial charge < -0.3 is 20.3 Å². The van der Waals surface area contributed by atoms with Crippen LogP contribution in [0.3, 0.4) is 0 Å². The number of guanidine groups is 1.